The van der Waals surface area contributed by atoms with Gasteiger partial charge in [0, 0.05) is 0 Å². The number of fused-ring (bicyclic) bond motifs is 1. The Labute approximate surface area is 236 Å². The smallest absolute Gasteiger partial charge is 0.331 e. The summed E-state index contributed by atoms with van der Waals surface area (Å²) < 4.78 is 27.0. The van der Waals surface area contributed by atoms with Crippen molar-refractivity contribution in [3.8, 4) is 22.9 Å². The molecule has 3 rings (SSSR count). The first-order chi connectivity index (χ1) is 17.5. The van der Waals surface area contributed by atoms with Crippen molar-refractivity contribution < 1.29 is 18.6 Å². The largest absolute Gasteiger partial charge is 0.414 e. The zero-order valence-electron chi connectivity index (χ0n) is 25.9. The third-order valence-electron chi connectivity index (χ3n) is 7.06. The fourth-order valence-corrected chi connectivity index (χ4v) is 6.04. The summed E-state index contributed by atoms with van der Waals surface area (Å²) in [4.78, 5) is 28.9. The maximum Gasteiger partial charge on any atom is 0.331 e. The van der Waals surface area contributed by atoms with Crippen LogP contribution in [0.4, 0.5) is 0 Å². The van der Waals surface area contributed by atoms with Crippen molar-refractivity contribution in [1.29, 1.82) is 0 Å². The number of aromatic amines is 1. The first-order valence-corrected chi connectivity index (χ1v) is 23.5. The Morgan fingerprint density at radius 3 is 2.00 bits per heavy atom. The Bertz CT molecular complexity index is 1340. The van der Waals surface area contributed by atoms with Crippen LogP contribution in [-0.4, -0.2) is 64.7 Å². The Morgan fingerprint density at radius 2 is 1.46 bits per heavy atom. The van der Waals surface area contributed by atoms with Crippen LogP contribution in [0.2, 0.25) is 57.4 Å². The molecule has 0 saturated carbocycles. The lowest BCUT2D eigenvalue weighted by atomic mass is 10.1. The van der Waals surface area contributed by atoms with Crippen LogP contribution < -0.4 is 11.2 Å². The Kier molecular flexibility index (Phi) is 8.65. The van der Waals surface area contributed by atoms with Gasteiger partial charge in [-0.1, -0.05) is 71.9 Å². The molecule has 0 radical (unpaired) electrons. The molecule has 216 valence electrons. The van der Waals surface area contributed by atoms with E-state index >= 15 is 0 Å². The summed E-state index contributed by atoms with van der Waals surface area (Å²) in [5.41, 5.74) is 5.87. The minimum Gasteiger partial charge on any atom is -0.414 e. The van der Waals surface area contributed by atoms with Crippen LogP contribution in [0.15, 0.2) is 9.59 Å². The van der Waals surface area contributed by atoms with Crippen LogP contribution in [-0.2, 0) is 18.6 Å². The molecule has 2 aliphatic rings. The van der Waals surface area contributed by atoms with Gasteiger partial charge in [0.2, 0.25) is 0 Å². The number of ether oxygens (including phenoxy) is 3. The Morgan fingerprint density at radius 1 is 0.923 bits per heavy atom. The molecule has 8 nitrogen and oxygen atoms in total. The third-order valence-corrected chi connectivity index (χ3v) is 13.3. The van der Waals surface area contributed by atoms with Gasteiger partial charge in [0.15, 0.2) is 20.3 Å². The first kappa shape index (κ1) is 31.8. The van der Waals surface area contributed by atoms with Crippen LogP contribution in [0.5, 0.6) is 0 Å². The SMILES string of the molecule is CC1(C)O[C@@H]2[C@H](O1)[C@@H](CO[Si](C)(C)C(C)(C)C)O[C@H]2n1c(C#C[Si](C)(C)C)c(C#C[Si](C)(C)C)c(=O)[nH]c1=O. The maximum atomic E-state index is 13.4. The highest BCUT2D eigenvalue weighted by Gasteiger charge is 2.57. The normalized spacial score (nSPS) is 24.9. The fourth-order valence-electron chi connectivity index (χ4n) is 4.04. The maximum absolute atomic E-state index is 13.4. The monoisotopic (exact) mass is 590 g/mol. The van der Waals surface area contributed by atoms with E-state index in [0.29, 0.717) is 6.61 Å². The van der Waals surface area contributed by atoms with Gasteiger partial charge in [-0.2, -0.15) is 0 Å². The molecule has 0 amide bonds. The highest BCUT2D eigenvalue weighted by Crippen LogP contribution is 2.44. The van der Waals surface area contributed by atoms with E-state index in [9.17, 15) is 9.59 Å². The van der Waals surface area contributed by atoms with E-state index in [0.717, 1.165) is 0 Å². The molecule has 0 spiro atoms. The average molecular weight is 591 g/mol. The second kappa shape index (κ2) is 10.6. The minimum atomic E-state index is -2.08. The summed E-state index contributed by atoms with van der Waals surface area (Å²) in [6.45, 7) is 27.6. The van der Waals surface area contributed by atoms with E-state index in [1.165, 1.54) is 4.57 Å². The molecular formula is C28H46N2O6Si3. The highest BCUT2D eigenvalue weighted by molar-refractivity contribution is 6.84. The van der Waals surface area contributed by atoms with Crippen LogP contribution in [0.25, 0.3) is 0 Å². The molecule has 0 unspecified atom stereocenters. The lowest BCUT2D eigenvalue weighted by Crippen LogP contribution is -2.44. The van der Waals surface area contributed by atoms with Crippen LogP contribution in [0.1, 0.15) is 52.1 Å². The molecule has 1 aromatic heterocycles. The van der Waals surface area contributed by atoms with E-state index in [4.69, 9.17) is 18.6 Å². The van der Waals surface area contributed by atoms with E-state index in [2.05, 4.69) is 101 Å². The topological polar surface area (TPSA) is 91.8 Å². The molecule has 3 heterocycles. The second-order valence-electron chi connectivity index (χ2n) is 14.6. The van der Waals surface area contributed by atoms with E-state index in [1.807, 2.05) is 13.8 Å². The number of rotatable bonds is 4. The van der Waals surface area contributed by atoms with E-state index in [1.54, 1.807) is 0 Å². The van der Waals surface area contributed by atoms with Gasteiger partial charge in [-0.3, -0.25) is 14.3 Å². The predicted molar refractivity (Wildman–Crippen MR) is 163 cm³/mol. The van der Waals surface area contributed by atoms with Crippen molar-refractivity contribution in [2.75, 3.05) is 6.61 Å². The van der Waals surface area contributed by atoms with Crippen molar-refractivity contribution in [1.82, 2.24) is 9.55 Å². The molecule has 39 heavy (non-hydrogen) atoms. The predicted octanol–water partition coefficient (Wildman–Crippen LogP) is 4.43. The number of hydrogen-bond donors (Lipinski definition) is 1. The molecule has 11 heteroatoms. The molecule has 1 aromatic rings. The van der Waals surface area contributed by atoms with Gasteiger partial charge < -0.3 is 18.6 Å². The number of H-pyrrole nitrogens is 1. The van der Waals surface area contributed by atoms with Gasteiger partial charge in [0.25, 0.3) is 5.56 Å². The zero-order chi connectivity index (χ0) is 29.8. The van der Waals surface area contributed by atoms with Crippen LogP contribution in [0.3, 0.4) is 0 Å². The van der Waals surface area contributed by atoms with E-state index < -0.39 is 66.0 Å². The van der Waals surface area contributed by atoms with Gasteiger partial charge in [-0.05, 0) is 32.0 Å². The number of hydrogen-bond acceptors (Lipinski definition) is 6. The van der Waals surface area contributed by atoms with Crippen molar-refractivity contribution >= 4 is 24.5 Å². The average Bonchev–Trinajstić information content (AvgIpc) is 3.21. The molecule has 0 bridgehead atoms. The standard InChI is InChI=1S/C28H46N2O6Si3/c1-27(2,3)39(12,13)33-18-21-22-23(36-28(4,5)35-22)25(34-21)30-20(15-17-38(9,10)11)19(14-16-37(6,7)8)24(31)29-26(30)32/h21-23,25H,18H2,1-13H3,(H,29,31,32)/t21-,22-,23-,25-/m1/s1. The zero-order valence-corrected chi connectivity index (χ0v) is 28.9. The van der Waals surface area contributed by atoms with E-state index in [-0.39, 0.29) is 16.3 Å². The highest BCUT2D eigenvalue weighted by atomic mass is 28.4. The van der Waals surface area contributed by atoms with Gasteiger partial charge in [0.05, 0.1) is 6.61 Å². The molecule has 0 aliphatic carbocycles. The summed E-state index contributed by atoms with van der Waals surface area (Å²) >= 11 is 0. The Hall–Kier alpha value is -1.71. The molecule has 2 saturated heterocycles. The molecule has 1 N–H and O–H groups in total. The first-order valence-electron chi connectivity index (χ1n) is 13.6. The molecular weight excluding hydrogens is 545 g/mol. The van der Waals surface area contributed by atoms with Crippen molar-refractivity contribution in [3.63, 3.8) is 0 Å². The second-order valence-corrected chi connectivity index (χ2v) is 28.9. The molecule has 4 atom stereocenters. The van der Waals surface area contributed by atoms with Gasteiger partial charge in [-0.15, -0.1) is 11.1 Å². The van der Waals surface area contributed by atoms with Gasteiger partial charge in [0.1, 0.15) is 45.7 Å². The van der Waals surface area contributed by atoms with Crippen molar-refractivity contribution in [3.05, 3.63) is 32.1 Å². The molecule has 0 aromatic carbocycles. The number of nitrogens with one attached hydrogen (secondary N) is 1. The number of aromatic nitrogens is 2. The van der Waals surface area contributed by atoms with Crippen molar-refractivity contribution in [2.45, 2.75) is 122 Å². The lowest BCUT2D eigenvalue weighted by molar-refractivity contribution is -0.200. The lowest BCUT2D eigenvalue weighted by Gasteiger charge is -2.37. The molecule has 2 aliphatic heterocycles. The van der Waals surface area contributed by atoms with Gasteiger partial charge >= 0.3 is 5.69 Å². The number of nitrogens with zero attached hydrogens (tertiary/aromatic N) is 1. The summed E-state index contributed by atoms with van der Waals surface area (Å²) in [5.74, 6) is 5.38. The third kappa shape index (κ3) is 7.53. The van der Waals surface area contributed by atoms with Crippen LogP contribution >= 0.6 is 0 Å². The van der Waals surface area contributed by atoms with Gasteiger partial charge in [-0.25, -0.2) is 4.79 Å². The summed E-state index contributed by atoms with van der Waals surface area (Å²) in [6, 6.07) is 0. The summed E-state index contributed by atoms with van der Waals surface area (Å²) in [7, 11) is -5.79. The summed E-state index contributed by atoms with van der Waals surface area (Å²) in [6.07, 6.45) is -2.39. The minimum absolute atomic E-state index is 0.0239. The summed E-state index contributed by atoms with van der Waals surface area (Å²) in [5, 5.41) is 0.0239. The fraction of sp³-hybridized carbons (Fsp3) is 0.714. The quantitative estimate of drug-likeness (QED) is 0.412. The van der Waals surface area contributed by atoms with Crippen molar-refractivity contribution in [2.24, 2.45) is 0 Å². The Balaban J connectivity index is 2.17. The van der Waals surface area contributed by atoms with Crippen LogP contribution in [0, 0.1) is 22.9 Å². The molecule has 2 fully saturated rings.